The van der Waals surface area contributed by atoms with Crippen LogP contribution in [-0.2, 0) is 0 Å². The molecule has 1 fully saturated rings. The van der Waals surface area contributed by atoms with Gasteiger partial charge >= 0.3 is 0 Å². The highest BCUT2D eigenvalue weighted by atomic mass is 16.3. The molecule has 0 amide bonds. The van der Waals surface area contributed by atoms with Gasteiger partial charge in [-0.05, 0) is 38.9 Å². The fourth-order valence-corrected chi connectivity index (χ4v) is 2.00. The van der Waals surface area contributed by atoms with Gasteiger partial charge in [-0.15, -0.1) is 0 Å². The fourth-order valence-electron chi connectivity index (χ4n) is 2.00. The molecule has 0 aromatic carbocycles. The first-order valence-corrected chi connectivity index (χ1v) is 5.74. The van der Waals surface area contributed by atoms with Crippen molar-refractivity contribution >= 4 is 0 Å². The summed E-state index contributed by atoms with van der Waals surface area (Å²) in [5.41, 5.74) is 0. The molecule has 3 nitrogen and oxygen atoms in total. The van der Waals surface area contributed by atoms with E-state index >= 15 is 0 Å². The van der Waals surface area contributed by atoms with Gasteiger partial charge in [0, 0.05) is 26.2 Å². The third kappa shape index (κ3) is 4.40. The summed E-state index contributed by atoms with van der Waals surface area (Å²) in [6.45, 7) is 8.27. The molecule has 1 saturated heterocycles. The maximum atomic E-state index is 8.93. The quantitative estimate of drug-likeness (QED) is 0.682. The third-order valence-electron chi connectivity index (χ3n) is 2.93. The molecule has 1 atom stereocenters. The van der Waals surface area contributed by atoms with Gasteiger partial charge < -0.3 is 14.9 Å². The Balaban J connectivity index is 2.04. The SMILES string of the molecule is CC(CO)CN(C)CCN1CCCC1. The molecule has 0 aliphatic carbocycles. The van der Waals surface area contributed by atoms with Crippen LogP contribution in [-0.4, -0.2) is 61.3 Å². The molecular weight excluding hydrogens is 176 g/mol. The maximum absolute atomic E-state index is 8.93. The van der Waals surface area contributed by atoms with Gasteiger partial charge in [0.2, 0.25) is 0 Å². The zero-order chi connectivity index (χ0) is 10.4. The number of likely N-dealkylation sites (tertiary alicyclic amines) is 1. The second-order valence-electron chi connectivity index (χ2n) is 4.60. The Morgan fingerprint density at radius 3 is 2.57 bits per heavy atom. The van der Waals surface area contributed by atoms with Crippen molar-refractivity contribution in [3.63, 3.8) is 0 Å². The van der Waals surface area contributed by atoms with Crippen LogP contribution in [0.5, 0.6) is 0 Å². The van der Waals surface area contributed by atoms with Crippen molar-refractivity contribution < 1.29 is 5.11 Å². The Kier molecular flexibility index (Phi) is 5.45. The van der Waals surface area contributed by atoms with E-state index in [-0.39, 0.29) is 0 Å². The Morgan fingerprint density at radius 1 is 1.36 bits per heavy atom. The molecule has 1 N–H and O–H groups in total. The Bertz CT molecular complexity index is 146. The number of aliphatic hydroxyl groups excluding tert-OH is 1. The van der Waals surface area contributed by atoms with Gasteiger partial charge in [-0.1, -0.05) is 6.92 Å². The van der Waals surface area contributed by atoms with Crippen molar-refractivity contribution in [2.24, 2.45) is 5.92 Å². The molecule has 3 heteroatoms. The molecular formula is C11H24N2O. The molecule has 14 heavy (non-hydrogen) atoms. The molecule has 0 radical (unpaired) electrons. The van der Waals surface area contributed by atoms with E-state index in [9.17, 15) is 0 Å². The van der Waals surface area contributed by atoms with Gasteiger partial charge in [0.25, 0.3) is 0 Å². The summed E-state index contributed by atoms with van der Waals surface area (Å²) in [6, 6.07) is 0. The molecule has 0 aromatic rings. The lowest BCUT2D eigenvalue weighted by molar-refractivity contribution is 0.179. The Labute approximate surface area is 87.7 Å². The second-order valence-corrected chi connectivity index (χ2v) is 4.60. The number of hydrogen-bond donors (Lipinski definition) is 1. The van der Waals surface area contributed by atoms with E-state index in [0.29, 0.717) is 12.5 Å². The van der Waals surface area contributed by atoms with Crippen molar-refractivity contribution in [2.45, 2.75) is 19.8 Å². The molecule has 1 aliphatic heterocycles. The van der Waals surface area contributed by atoms with Crippen molar-refractivity contribution in [3.8, 4) is 0 Å². The van der Waals surface area contributed by atoms with Gasteiger partial charge in [-0.25, -0.2) is 0 Å². The van der Waals surface area contributed by atoms with E-state index in [2.05, 4.69) is 23.8 Å². The van der Waals surface area contributed by atoms with Crippen molar-refractivity contribution in [2.75, 3.05) is 46.4 Å². The monoisotopic (exact) mass is 200 g/mol. The first-order valence-electron chi connectivity index (χ1n) is 5.74. The number of likely N-dealkylation sites (N-methyl/N-ethyl adjacent to an activating group) is 1. The Morgan fingerprint density at radius 2 is 2.00 bits per heavy atom. The number of aliphatic hydroxyl groups is 1. The van der Waals surface area contributed by atoms with Crippen LogP contribution in [0.3, 0.4) is 0 Å². The smallest absolute Gasteiger partial charge is 0.0468 e. The lowest BCUT2D eigenvalue weighted by atomic mass is 10.2. The molecule has 1 rings (SSSR count). The summed E-state index contributed by atoms with van der Waals surface area (Å²) in [4.78, 5) is 4.85. The predicted octanol–water partition coefficient (Wildman–Crippen LogP) is 0.642. The summed E-state index contributed by atoms with van der Waals surface area (Å²) < 4.78 is 0. The van der Waals surface area contributed by atoms with Crippen LogP contribution in [0.25, 0.3) is 0 Å². The largest absolute Gasteiger partial charge is 0.396 e. The van der Waals surface area contributed by atoms with E-state index in [1.807, 2.05) is 0 Å². The van der Waals surface area contributed by atoms with E-state index in [1.165, 1.54) is 32.5 Å². The highest BCUT2D eigenvalue weighted by molar-refractivity contribution is 4.68. The molecule has 1 aliphatic rings. The van der Waals surface area contributed by atoms with Crippen LogP contribution in [0.1, 0.15) is 19.8 Å². The summed E-state index contributed by atoms with van der Waals surface area (Å²) in [6.07, 6.45) is 2.74. The minimum Gasteiger partial charge on any atom is -0.396 e. The van der Waals surface area contributed by atoms with Crippen LogP contribution in [0.2, 0.25) is 0 Å². The van der Waals surface area contributed by atoms with Gasteiger partial charge in [0.05, 0.1) is 0 Å². The van der Waals surface area contributed by atoms with E-state index in [4.69, 9.17) is 5.11 Å². The topological polar surface area (TPSA) is 26.7 Å². The first-order chi connectivity index (χ1) is 6.72. The molecule has 0 aromatic heterocycles. The zero-order valence-corrected chi connectivity index (χ0v) is 9.58. The van der Waals surface area contributed by atoms with Crippen LogP contribution >= 0.6 is 0 Å². The number of hydrogen-bond acceptors (Lipinski definition) is 3. The average molecular weight is 200 g/mol. The normalized spacial score (nSPS) is 20.6. The van der Waals surface area contributed by atoms with E-state index in [0.717, 1.165) is 13.1 Å². The third-order valence-corrected chi connectivity index (χ3v) is 2.93. The van der Waals surface area contributed by atoms with Gasteiger partial charge in [-0.3, -0.25) is 0 Å². The summed E-state index contributed by atoms with van der Waals surface area (Å²) in [5, 5.41) is 8.93. The average Bonchev–Trinajstić information content (AvgIpc) is 2.67. The van der Waals surface area contributed by atoms with Crippen LogP contribution in [0.4, 0.5) is 0 Å². The minimum absolute atomic E-state index is 0.300. The highest BCUT2D eigenvalue weighted by Crippen LogP contribution is 2.06. The molecule has 1 heterocycles. The number of nitrogens with zero attached hydrogens (tertiary/aromatic N) is 2. The molecule has 0 spiro atoms. The van der Waals surface area contributed by atoms with Gasteiger partial charge in [-0.2, -0.15) is 0 Å². The van der Waals surface area contributed by atoms with Crippen molar-refractivity contribution in [3.05, 3.63) is 0 Å². The predicted molar refractivity (Wildman–Crippen MR) is 59.4 cm³/mol. The zero-order valence-electron chi connectivity index (χ0n) is 9.58. The van der Waals surface area contributed by atoms with Crippen LogP contribution in [0, 0.1) is 5.92 Å². The molecule has 0 saturated carbocycles. The first kappa shape index (κ1) is 12.0. The standard InChI is InChI=1S/C11H24N2O/c1-11(10-14)9-12(2)7-8-13-5-3-4-6-13/h11,14H,3-10H2,1-2H3. The molecule has 84 valence electrons. The van der Waals surface area contributed by atoms with Gasteiger partial charge in [0.1, 0.15) is 0 Å². The lowest BCUT2D eigenvalue weighted by Crippen LogP contribution is -2.34. The summed E-state index contributed by atoms with van der Waals surface area (Å²) >= 11 is 0. The van der Waals surface area contributed by atoms with Crippen LogP contribution in [0.15, 0.2) is 0 Å². The Hall–Kier alpha value is -0.120. The van der Waals surface area contributed by atoms with Crippen molar-refractivity contribution in [1.82, 2.24) is 9.80 Å². The fraction of sp³-hybridized carbons (Fsp3) is 1.00. The van der Waals surface area contributed by atoms with Crippen molar-refractivity contribution in [1.29, 1.82) is 0 Å². The molecule has 1 unspecified atom stereocenters. The second kappa shape index (κ2) is 6.38. The molecule has 0 bridgehead atoms. The minimum atomic E-state index is 0.300. The summed E-state index contributed by atoms with van der Waals surface area (Å²) in [5.74, 6) is 0.401. The maximum Gasteiger partial charge on any atom is 0.0468 e. The van der Waals surface area contributed by atoms with E-state index in [1.54, 1.807) is 0 Å². The summed E-state index contributed by atoms with van der Waals surface area (Å²) in [7, 11) is 2.14. The number of rotatable bonds is 6. The van der Waals surface area contributed by atoms with Gasteiger partial charge in [0.15, 0.2) is 0 Å². The van der Waals surface area contributed by atoms with Crippen LogP contribution < -0.4 is 0 Å². The highest BCUT2D eigenvalue weighted by Gasteiger charge is 2.12. The lowest BCUT2D eigenvalue weighted by Gasteiger charge is -2.23. The van der Waals surface area contributed by atoms with E-state index < -0.39 is 0 Å².